The van der Waals surface area contributed by atoms with Gasteiger partial charge in [0.05, 0.1) is 12.1 Å². The molecule has 0 bridgehead atoms. The van der Waals surface area contributed by atoms with Crippen LogP contribution in [0.3, 0.4) is 0 Å². The van der Waals surface area contributed by atoms with Crippen LogP contribution in [0.2, 0.25) is 0 Å². The van der Waals surface area contributed by atoms with E-state index in [1.807, 2.05) is 0 Å². The minimum Gasteiger partial charge on any atom is -0.478 e. The van der Waals surface area contributed by atoms with Crippen molar-refractivity contribution in [1.82, 2.24) is 0 Å². The van der Waals surface area contributed by atoms with E-state index in [9.17, 15) is 18.4 Å². The number of amides is 1. The van der Waals surface area contributed by atoms with E-state index in [0.717, 1.165) is 0 Å². The van der Waals surface area contributed by atoms with Gasteiger partial charge in [0.25, 0.3) is 0 Å². The monoisotopic (exact) mass is 345 g/mol. The number of benzene rings is 2. The molecule has 2 aromatic rings. The minimum absolute atomic E-state index is 0.114. The van der Waals surface area contributed by atoms with Gasteiger partial charge in [-0.25, -0.2) is 18.4 Å². The molecular weight excluding hydrogens is 332 g/mol. The molecule has 0 atom stereocenters. The second-order valence-electron chi connectivity index (χ2n) is 4.92. The van der Waals surface area contributed by atoms with Crippen LogP contribution >= 0.6 is 0 Å². The first-order chi connectivity index (χ1) is 11.9. The van der Waals surface area contributed by atoms with Gasteiger partial charge in [0, 0.05) is 0 Å². The van der Waals surface area contributed by atoms with Gasteiger partial charge >= 0.3 is 12.1 Å². The van der Waals surface area contributed by atoms with E-state index in [-0.39, 0.29) is 6.61 Å². The maximum atomic E-state index is 14.1. The number of halogens is 2. The van der Waals surface area contributed by atoms with Gasteiger partial charge in [0.2, 0.25) is 0 Å². The Morgan fingerprint density at radius 1 is 1.16 bits per heavy atom. The number of nitrogens with zero attached hydrogens (tertiary/aromatic N) is 1. The Labute approximate surface area is 142 Å². The summed E-state index contributed by atoms with van der Waals surface area (Å²) < 4.78 is 33.3. The second kappa shape index (κ2) is 7.93. The van der Waals surface area contributed by atoms with Gasteiger partial charge in [-0.1, -0.05) is 36.3 Å². The van der Waals surface area contributed by atoms with Crippen LogP contribution in [0.5, 0.6) is 0 Å². The van der Waals surface area contributed by atoms with Crippen LogP contribution in [0.15, 0.2) is 42.5 Å². The molecule has 0 saturated heterocycles. The number of carbonyl (C=O) groups excluding carboxylic acids is 1. The van der Waals surface area contributed by atoms with Crippen molar-refractivity contribution in [3.63, 3.8) is 0 Å². The van der Waals surface area contributed by atoms with Gasteiger partial charge in [-0.15, -0.1) is 6.42 Å². The molecule has 128 valence electrons. The Bertz CT molecular complexity index is 808. The third-order valence-electron chi connectivity index (χ3n) is 3.21. The van der Waals surface area contributed by atoms with Gasteiger partial charge < -0.3 is 9.84 Å². The summed E-state index contributed by atoms with van der Waals surface area (Å²) in [6.45, 7) is -0.564. The van der Waals surface area contributed by atoms with E-state index < -0.39 is 41.5 Å². The summed E-state index contributed by atoms with van der Waals surface area (Å²) in [6, 6.07) is 9.90. The third kappa shape index (κ3) is 4.32. The van der Waals surface area contributed by atoms with Gasteiger partial charge in [-0.2, -0.15) is 0 Å². The number of rotatable bonds is 5. The predicted molar refractivity (Wildman–Crippen MR) is 86.1 cm³/mol. The molecule has 5 nitrogen and oxygen atoms in total. The normalized spacial score (nSPS) is 9.96. The molecule has 2 aromatic carbocycles. The molecule has 2 rings (SSSR count). The average molecular weight is 345 g/mol. The Hall–Kier alpha value is -3.40. The number of carboxylic acid groups (broad SMARTS) is 1. The van der Waals surface area contributed by atoms with Crippen LogP contribution in [0.25, 0.3) is 0 Å². The summed E-state index contributed by atoms with van der Waals surface area (Å²) in [6.07, 6.45) is 4.10. The van der Waals surface area contributed by atoms with E-state index in [2.05, 4.69) is 5.92 Å². The number of terminal acetylenes is 1. The van der Waals surface area contributed by atoms with Gasteiger partial charge in [-0.3, -0.25) is 4.90 Å². The van der Waals surface area contributed by atoms with Crippen LogP contribution < -0.4 is 4.90 Å². The van der Waals surface area contributed by atoms with Crippen molar-refractivity contribution < 1.29 is 28.2 Å². The van der Waals surface area contributed by atoms with Crippen molar-refractivity contribution in [2.24, 2.45) is 0 Å². The summed E-state index contributed by atoms with van der Waals surface area (Å²) in [4.78, 5) is 23.6. The number of aromatic carboxylic acids is 1. The molecule has 0 aliphatic rings. The van der Waals surface area contributed by atoms with Crippen molar-refractivity contribution >= 4 is 17.7 Å². The van der Waals surface area contributed by atoms with Gasteiger partial charge in [0.1, 0.15) is 12.3 Å². The molecule has 0 aliphatic carbocycles. The maximum Gasteiger partial charge on any atom is 0.415 e. The van der Waals surface area contributed by atoms with Crippen molar-refractivity contribution in [3.8, 4) is 12.3 Å². The molecule has 0 fully saturated rings. The van der Waals surface area contributed by atoms with Crippen molar-refractivity contribution in [3.05, 3.63) is 65.2 Å². The lowest BCUT2D eigenvalue weighted by molar-refractivity contribution is 0.0695. The number of hydrogen-bond acceptors (Lipinski definition) is 3. The summed E-state index contributed by atoms with van der Waals surface area (Å²) in [5.41, 5.74) is -0.670. The lowest BCUT2D eigenvalue weighted by Crippen LogP contribution is -2.33. The predicted octanol–water partition coefficient (Wildman–Crippen LogP) is 3.44. The molecule has 0 aromatic heterocycles. The number of carboxylic acids is 1. The van der Waals surface area contributed by atoms with Crippen molar-refractivity contribution in [2.45, 2.75) is 6.61 Å². The molecular formula is C18H13F2NO4. The first-order valence-corrected chi connectivity index (χ1v) is 7.08. The second-order valence-corrected chi connectivity index (χ2v) is 4.92. The fourth-order valence-corrected chi connectivity index (χ4v) is 2.07. The minimum atomic E-state index is -1.50. The smallest absolute Gasteiger partial charge is 0.415 e. The maximum absolute atomic E-state index is 14.1. The van der Waals surface area contributed by atoms with E-state index >= 15 is 0 Å². The fourth-order valence-electron chi connectivity index (χ4n) is 2.07. The Morgan fingerprint density at radius 2 is 1.76 bits per heavy atom. The summed E-state index contributed by atoms with van der Waals surface area (Å²) in [5.74, 6) is -1.85. The molecule has 0 radical (unpaired) electrons. The van der Waals surface area contributed by atoms with E-state index in [4.69, 9.17) is 16.3 Å². The van der Waals surface area contributed by atoms with E-state index in [1.165, 1.54) is 0 Å². The van der Waals surface area contributed by atoms with Gasteiger partial charge in [0.15, 0.2) is 11.6 Å². The van der Waals surface area contributed by atoms with Crippen molar-refractivity contribution in [1.29, 1.82) is 0 Å². The van der Waals surface area contributed by atoms with E-state index in [1.54, 1.807) is 30.3 Å². The molecule has 0 aliphatic heterocycles. The number of anilines is 1. The zero-order valence-electron chi connectivity index (χ0n) is 12.9. The number of ether oxygens (including phenoxy) is 1. The highest BCUT2D eigenvalue weighted by Crippen LogP contribution is 2.26. The van der Waals surface area contributed by atoms with Crippen LogP contribution in [-0.2, 0) is 11.3 Å². The highest BCUT2D eigenvalue weighted by molar-refractivity contribution is 5.91. The fraction of sp³-hybridized carbons (Fsp3) is 0.111. The SMILES string of the molecule is C#CCN(C(=O)OCc1ccccc1)c1c(F)cc(C(=O)O)cc1F. The van der Waals surface area contributed by atoms with Crippen LogP contribution in [-0.4, -0.2) is 23.7 Å². The Kier molecular flexibility index (Phi) is 5.69. The first kappa shape index (κ1) is 17.9. The average Bonchev–Trinajstić information content (AvgIpc) is 2.59. The molecule has 0 unspecified atom stereocenters. The molecule has 1 N–H and O–H groups in total. The lowest BCUT2D eigenvalue weighted by atomic mass is 10.1. The lowest BCUT2D eigenvalue weighted by Gasteiger charge is -2.21. The zero-order chi connectivity index (χ0) is 18.4. The first-order valence-electron chi connectivity index (χ1n) is 7.08. The quantitative estimate of drug-likeness (QED) is 0.843. The zero-order valence-corrected chi connectivity index (χ0v) is 12.9. The Balaban J connectivity index is 2.27. The molecule has 0 saturated carbocycles. The van der Waals surface area contributed by atoms with E-state index in [0.29, 0.717) is 22.6 Å². The standard InChI is InChI=1S/C18H13F2NO4/c1-2-8-21(18(24)25-11-12-6-4-3-5-7-12)16-14(19)9-13(17(22)23)10-15(16)20/h1,3-7,9-10H,8,11H2,(H,22,23). The topological polar surface area (TPSA) is 66.8 Å². The molecule has 25 heavy (non-hydrogen) atoms. The third-order valence-corrected chi connectivity index (χ3v) is 3.21. The van der Waals surface area contributed by atoms with Crippen LogP contribution in [0, 0.1) is 24.0 Å². The van der Waals surface area contributed by atoms with Crippen LogP contribution in [0.1, 0.15) is 15.9 Å². The van der Waals surface area contributed by atoms with Crippen LogP contribution in [0.4, 0.5) is 19.3 Å². The highest BCUT2D eigenvalue weighted by atomic mass is 19.1. The van der Waals surface area contributed by atoms with Gasteiger partial charge in [-0.05, 0) is 17.7 Å². The number of carbonyl (C=O) groups is 2. The molecule has 1 amide bonds. The summed E-state index contributed by atoms with van der Waals surface area (Å²) in [5, 5.41) is 8.82. The molecule has 0 spiro atoms. The largest absolute Gasteiger partial charge is 0.478 e. The molecule has 7 heteroatoms. The summed E-state index contributed by atoms with van der Waals surface area (Å²) in [7, 11) is 0. The molecule has 0 heterocycles. The number of hydrogen-bond donors (Lipinski definition) is 1. The Morgan fingerprint density at radius 3 is 2.28 bits per heavy atom. The van der Waals surface area contributed by atoms with Crippen molar-refractivity contribution in [2.75, 3.05) is 11.4 Å². The highest BCUT2D eigenvalue weighted by Gasteiger charge is 2.25. The summed E-state index contributed by atoms with van der Waals surface area (Å²) >= 11 is 0.